The van der Waals surface area contributed by atoms with Gasteiger partial charge in [-0.05, 0) is 55.5 Å². The summed E-state index contributed by atoms with van der Waals surface area (Å²) in [7, 11) is 0. The van der Waals surface area contributed by atoms with E-state index in [9.17, 15) is 14.9 Å². The summed E-state index contributed by atoms with van der Waals surface area (Å²) in [6, 6.07) is 9.87. The molecular formula is C20H22ClN3O3. The molecule has 2 aromatic carbocycles. The van der Waals surface area contributed by atoms with Crippen molar-refractivity contribution in [1.82, 2.24) is 0 Å². The Kier molecular flexibility index (Phi) is 5.65. The maximum atomic E-state index is 12.5. The number of carbonyl (C=O) groups is 1. The summed E-state index contributed by atoms with van der Waals surface area (Å²) in [6.45, 7) is 5.59. The van der Waals surface area contributed by atoms with E-state index in [1.165, 1.54) is 6.07 Å². The monoisotopic (exact) mass is 387 g/mol. The van der Waals surface area contributed by atoms with Crippen LogP contribution >= 0.6 is 11.6 Å². The van der Waals surface area contributed by atoms with E-state index in [0.717, 1.165) is 31.5 Å². The first-order valence-corrected chi connectivity index (χ1v) is 9.34. The van der Waals surface area contributed by atoms with E-state index in [1.807, 2.05) is 11.8 Å². The summed E-state index contributed by atoms with van der Waals surface area (Å²) >= 11 is 6.08. The minimum atomic E-state index is -0.422. The molecule has 0 spiro atoms. The Morgan fingerprint density at radius 3 is 2.74 bits per heavy atom. The van der Waals surface area contributed by atoms with E-state index in [1.54, 1.807) is 30.3 Å². The molecule has 0 unspecified atom stereocenters. The van der Waals surface area contributed by atoms with Crippen molar-refractivity contribution in [3.63, 3.8) is 0 Å². The average Bonchev–Trinajstić information content (AvgIpc) is 2.64. The van der Waals surface area contributed by atoms with Crippen molar-refractivity contribution in [3.05, 3.63) is 62.7 Å². The third-order valence-electron chi connectivity index (χ3n) is 4.86. The van der Waals surface area contributed by atoms with Gasteiger partial charge in [-0.25, -0.2) is 0 Å². The molecule has 0 saturated carbocycles. The van der Waals surface area contributed by atoms with Gasteiger partial charge in [0.25, 0.3) is 11.6 Å². The summed E-state index contributed by atoms with van der Waals surface area (Å²) in [4.78, 5) is 25.7. The van der Waals surface area contributed by atoms with Crippen LogP contribution in [0.3, 0.4) is 0 Å². The van der Waals surface area contributed by atoms with Crippen LogP contribution in [0.5, 0.6) is 0 Å². The maximum absolute atomic E-state index is 12.5. The Bertz CT molecular complexity index is 885. The third kappa shape index (κ3) is 4.39. The molecule has 6 nitrogen and oxygen atoms in total. The van der Waals surface area contributed by atoms with Gasteiger partial charge >= 0.3 is 0 Å². The lowest BCUT2D eigenvalue weighted by atomic mass is 9.99. The van der Waals surface area contributed by atoms with Crippen molar-refractivity contribution in [3.8, 4) is 0 Å². The fraction of sp³-hybridized carbons (Fsp3) is 0.350. The lowest BCUT2D eigenvalue weighted by molar-refractivity contribution is -0.384. The number of nitrogens with zero attached hydrogens (tertiary/aromatic N) is 2. The first kappa shape index (κ1) is 19.2. The summed E-state index contributed by atoms with van der Waals surface area (Å²) < 4.78 is 0. The second-order valence-electron chi connectivity index (χ2n) is 7.07. The zero-order chi connectivity index (χ0) is 19.6. The first-order valence-electron chi connectivity index (χ1n) is 8.96. The summed E-state index contributed by atoms with van der Waals surface area (Å²) in [5.74, 6) is 0.0872. The number of nitro benzene ring substituents is 1. The molecule has 1 amide bonds. The number of amides is 1. The summed E-state index contributed by atoms with van der Waals surface area (Å²) in [5.41, 5.74) is 2.23. The van der Waals surface area contributed by atoms with Crippen LogP contribution in [0.25, 0.3) is 0 Å². The summed E-state index contributed by atoms with van der Waals surface area (Å²) in [6.07, 6.45) is 2.14. The molecule has 3 rings (SSSR count). The minimum Gasteiger partial charge on any atom is -0.366 e. The van der Waals surface area contributed by atoms with Crippen LogP contribution in [0.15, 0.2) is 36.4 Å². The number of nitrogens with one attached hydrogen (secondary N) is 1. The highest BCUT2D eigenvalue weighted by atomic mass is 35.5. The van der Waals surface area contributed by atoms with Crippen LogP contribution in [0, 0.1) is 23.0 Å². The van der Waals surface area contributed by atoms with Crippen molar-refractivity contribution in [2.75, 3.05) is 23.3 Å². The number of halogens is 1. The van der Waals surface area contributed by atoms with Crippen molar-refractivity contribution >= 4 is 34.6 Å². The van der Waals surface area contributed by atoms with Gasteiger partial charge in [-0.15, -0.1) is 0 Å². The Balaban J connectivity index is 1.85. The second kappa shape index (κ2) is 7.96. The van der Waals surface area contributed by atoms with Crippen molar-refractivity contribution in [1.29, 1.82) is 0 Å². The van der Waals surface area contributed by atoms with Crippen molar-refractivity contribution in [2.24, 2.45) is 5.92 Å². The number of piperidine rings is 1. The topological polar surface area (TPSA) is 75.5 Å². The number of nitro groups is 1. The number of benzene rings is 2. The minimum absolute atomic E-state index is 0.0429. The van der Waals surface area contributed by atoms with Crippen LogP contribution < -0.4 is 10.2 Å². The standard InChI is InChI=1S/C20H22ClN3O3/c1-13-4-3-9-23(12-13)18-8-6-15(10-19(18)24(26)27)20(25)22-16-7-5-14(2)17(21)11-16/h5-8,10-11,13H,3-4,9,12H2,1-2H3,(H,22,25)/t13-/m1/s1. The van der Waals surface area contributed by atoms with Gasteiger partial charge in [-0.1, -0.05) is 24.6 Å². The van der Waals surface area contributed by atoms with Gasteiger partial charge in [-0.3, -0.25) is 14.9 Å². The highest BCUT2D eigenvalue weighted by Crippen LogP contribution is 2.32. The average molecular weight is 388 g/mol. The van der Waals surface area contributed by atoms with Crippen molar-refractivity contribution in [2.45, 2.75) is 26.7 Å². The van der Waals surface area contributed by atoms with Crippen LogP contribution in [-0.4, -0.2) is 23.9 Å². The molecule has 1 heterocycles. The molecule has 1 saturated heterocycles. The highest BCUT2D eigenvalue weighted by Gasteiger charge is 2.25. The molecule has 1 atom stereocenters. The van der Waals surface area contributed by atoms with E-state index in [0.29, 0.717) is 22.3 Å². The van der Waals surface area contributed by atoms with Gasteiger partial charge in [-0.2, -0.15) is 0 Å². The van der Waals surface area contributed by atoms with E-state index < -0.39 is 10.8 Å². The Morgan fingerprint density at radius 2 is 2.07 bits per heavy atom. The van der Waals surface area contributed by atoms with Gasteiger partial charge in [0.1, 0.15) is 5.69 Å². The molecule has 1 fully saturated rings. The van der Waals surface area contributed by atoms with Crippen LogP contribution in [-0.2, 0) is 0 Å². The van der Waals surface area contributed by atoms with Gasteiger partial charge in [0.2, 0.25) is 0 Å². The molecule has 7 heteroatoms. The second-order valence-corrected chi connectivity index (χ2v) is 7.48. The molecule has 1 N–H and O–H groups in total. The highest BCUT2D eigenvalue weighted by molar-refractivity contribution is 6.31. The molecular weight excluding hydrogens is 366 g/mol. The molecule has 0 radical (unpaired) electrons. The lowest BCUT2D eigenvalue weighted by Crippen LogP contribution is -2.34. The van der Waals surface area contributed by atoms with Crippen molar-refractivity contribution < 1.29 is 9.72 Å². The van der Waals surface area contributed by atoms with E-state index in [-0.39, 0.29) is 11.3 Å². The number of hydrogen-bond acceptors (Lipinski definition) is 4. The molecule has 0 aromatic heterocycles. The smallest absolute Gasteiger partial charge is 0.293 e. The van der Waals surface area contributed by atoms with Crippen LogP contribution in [0.1, 0.15) is 35.7 Å². The molecule has 1 aliphatic rings. The van der Waals surface area contributed by atoms with Gasteiger partial charge < -0.3 is 10.2 Å². The number of rotatable bonds is 4. The number of anilines is 2. The fourth-order valence-corrected chi connectivity index (χ4v) is 3.54. The zero-order valence-corrected chi connectivity index (χ0v) is 16.1. The Labute approximate surface area is 163 Å². The lowest BCUT2D eigenvalue weighted by Gasteiger charge is -2.32. The predicted octanol–water partition coefficient (Wildman–Crippen LogP) is 5.05. The van der Waals surface area contributed by atoms with E-state index in [4.69, 9.17) is 11.6 Å². The normalized spacial score (nSPS) is 16.9. The van der Waals surface area contributed by atoms with Gasteiger partial charge in [0.05, 0.1) is 4.92 Å². The number of aryl methyl sites for hydroxylation is 1. The third-order valence-corrected chi connectivity index (χ3v) is 5.27. The van der Waals surface area contributed by atoms with Gasteiger partial charge in [0, 0.05) is 35.4 Å². The Morgan fingerprint density at radius 1 is 1.30 bits per heavy atom. The summed E-state index contributed by atoms with van der Waals surface area (Å²) in [5, 5.41) is 14.9. The molecule has 27 heavy (non-hydrogen) atoms. The maximum Gasteiger partial charge on any atom is 0.293 e. The van der Waals surface area contributed by atoms with Crippen LogP contribution in [0.4, 0.5) is 17.1 Å². The molecule has 0 bridgehead atoms. The number of carbonyl (C=O) groups excluding carboxylic acids is 1. The van der Waals surface area contributed by atoms with Crippen LogP contribution in [0.2, 0.25) is 5.02 Å². The largest absolute Gasteiger partial charge is 0.366 e. The quantitative estimate of drug-likeness (QED) is 0.588. The van der Waals surface area contributed by atoms with E-state index in [2.05, 4.69) is 12.2 Å². The SMILES string of the molecule is Cc1ccc(NC(=O)c2ccc(N3CCC[C@@H](C)C3)c([N+](=O)[O-])c2)cc1Cl. The first-order chi connectivity index (χ1) is 12.8. The molecule has 2 aromatic rings. The zero-order valence-electron chi connectivity index (χ0n) is 15.4. The number of hydrogen-bond donors (Lipinski definition) is 1. The molecule has 1 aliphatic heterocycles. The Hall–Kier alpha value is -2.60. The predicted molar refractivity (Wildman–Crippen MR) is 108 cm³/mol. The fourth-order valence-electron chi connectivity index (χ4n) is 3.36. The van der Waals surface area contributed by atoms with Gasteiger partial charge in [0.15, 0.2) is 0 Å². The molecule has 142 valence electrons. The van der Waals surface area contributed by atoms with E-state index >= 15 is 0 Å². The molecule has 0 aliphatic carbocycles.